The van der Waals surface area contributed by atoms with E-state index in [1.165, 1.54) is 6.33 Å². The molecule has 0 saturated carbocycles. The molecule has 0 aliphatic carbocycles. The fourth-order valence-corrected chi connectivity index (χ4v) is 1.72. The molecule has 0 aliphatic rings. The van der Waals surface area contributed by atoms with Crippen LogP contribution in [-0.4, -0.2) is 34.3 Å². The van der Waals surface area contributed by atoms with E-state index in [0.29, 0.717) is 5.69 Å². The molecule has 18 heavy (non-hydrogen) atoms. The van der Waals surface area contributed by atoms with Crippen molar-refractivity contribution >= 4 is 22.4 Å². The maximum absolute atomic E-state index is 9.44. The summed E-state index contributed by atoms with van der Waals surface area (Å²) in [5.41, 5.74) is 6.84. The van der Waals surface area contributed by atoms with Crippen LogP contribution >= 0.6 is 0 Å². The largest absolute Gasteiger partial charge is 0.399 e. The molecule has 96 valence electrons. The van der Waals surface area contributed by atoms with Crippen molar-refractivity contribution in [2.75, 3.05) is 24.3 Å². The smallest absolute Gasteiger partial charge is 0.140 e. The number of aliphatic hydroxyl groups excluding tert-OH is 1. The second-order valence-electron chi connectivity index (χ2n) is 5.00. The van der Waals surface area contributed by atoms with E-state index in [0.717, 1.165) is 16.7 Å². The molecule has 0 amide bonds. The molecule has 1 aromatic carbocycles. The lowest BCUT2D eigenvalue weighted by atomic mass is 10.0. The van der Waals surface area contributed by atoms with E-state index >= 15 is 0 Å². The van der Waals surface area contributed by atoms with Gasteiger partial charge in [0.15, 0.2) is 0 Å². The Morgan fingerprint density at radius 1 is 1.33 bits per heavy atom. The van der Waals surface area contributed by atoms with Gasteiger partial charge < -0.3 is 15.7 Å². The number of aromatic nitrogens is 2. The fraction of sp³-hybridized carbons (Fsp3) is 0.385. The Kier molecular flexibility index (Phi) is 3.09. The van der Waals surface area contributed by atoms with Crippen LogP contribution in [0.5, 0.6) is 0 Å². The molecule has 2 rings (SSSR count). The van der Waals surface area contributed by atoms with Crippen LogP contribution in [0.2, 0.25) is 0 Å². The zero-order chi connectivity index (χ0) is 13.3. The highest BCUT2D eigenvalue weighted by atomic mass is 16.3. The summed E-state index contributed by atoms with van der Waals surface area (Å²) in [4.78, 5) is 10.5. The highest BCUT2D eigenvalue weighted by Crippen LogP contribution is 2.27. The third-order valence-electron chi connectivity index (χ3n) is 3.25. The number of nitrogens with zero attached hydrogens (tertiary/aromatic N) is 3. The van der Waals surface area contributed by atoms with Gasteiger partial charge in [-0.2, -0.15) is 0 Å². The Hall–Kier alpha value is -1.88. The van der Waals surface area contributed by atoms with Gasteiger partial charge in [0.05, 0.1) is 17.7 Å². The summed E-state index contributed by atoms with van der Waals surface area (Å²) < 4.78 is 0. The minimum Gasteiger partial charge on any atom is -0.399 e. The van der Waals surface area contributed by atoms with Crippen molar-refractivity contribution in [3.63, 3.8) is 0 Å². The number of nitrogens with two attached hydrogens (primary N) is 1. The molecule has 2 aromatic rings. The van der Waals surface area contributed by atoms with Gasteiger partial charge in [-0.1, -0.05) is 0 Å². The van der Waals surface area contributed by atoms with Gasteiger partial charge in [0.2, 0.25) is 0 Å². The third-order valence-corrected chi connectivity index (χ3v) is 3.25. The maximum Gasteiger partial charge on any atom is 0.140 e. The van der Waals surface area contributed by atoms with Crippen molar-refractivity contribution < 1.29 is 5.11 Å². The van der Waals surface area contributed by atoms with E-state index in [1.807, 2.05) is 44.0 Å². The van der Waals surface area contributed by atoms with Gasteiger partial charge in [-0.3, -0.25) is 0 Å². The van der Waals surface area contributed by atoms with E-state index in [1.54, 1.807) is 0 Å². The minimum absolute atomic E-state index is 0.0456. The molecular weight excluding hydrogens is 228 g/mol. The lowest BCUT2D eigenvalue weighted by Crippen LogP contribution is -2.44. The molecule has 3 N–H and O–H groups in total. The van der Waals surface area contributed by atoms with Gasteiger partial charge in [-0.25, -0.2) is 9.97 Å². The first-order valence-corrected chi connectivity index (χ1v) is 5.80. The SMILES string of the molecule is CN(c1ncnc2cc(N)ccc12)C(C)(C)CO. The van der Waals surface area contributed by atoms with E-state index < -0.39 is 0 Å². The number of benzene rings is 1. The summed E-state index contributed by atoms with van der Waals surface area (Å²) in [6.07, 6.45) is 1.51. The number of aliphatic hydroxyl groups is 1. The normalized spacial score (nSPS) is 11.8. The molecule has 1 heterocycles. The highest BCUT2D eigenvalue weighted by Gasteiger charge is 2.25. The number of nitrogen functional groups attached to an aromatic ring is 1. The van der Waals surface area contributed by atoms with Crippen molar-refractivity contribution in [3.8, 4) is 0 Å². The highest BCUT2D eigenvalue weighted by molar-refractivity contribution is 5.91. The van der Waals surface area contributed by atoms with Crippen molar-refractivity contribution in [1.82, 2.24) is 9.97 Å². The maximum atomic E-state index is 9.44. The summed E-state index contributed by atoms with van der Waals surface area (Å²) in [6.45, 7) is 3.96. The Bertz CT molecular complexity index is 568. The van der Waals surface area contributed by atoms with Crippen LogP contribution in [0.4, 0.5) is 11.5 Å². The van der Waals surface area contributed by atoms with E-state index in [2.05, 4.69) is 9.97 Å². The molecule has 0 unspecified atom stereocenters. The first-order valence-electron chi connectivity index (χ1n) is 5.80. The lowest BCUT2D eigenvalue weighted by Gasteiger charge is -2.35. The summed E-state index contributed by atoms with van der Waals surface area (Å²) in [5.74, 6) is 0.791. The predicted octanol–water partition coefficient (Wildman–Crippen LogP) is 1.42. The summed E-state index contributed by atoms with van der Waals surface area (Å²) in [5, 5.41) is 10.4. The van der Waals surface area contributed by atoms with Crippen LogP contribution in [0, 0.1) is 0 Å². The predicted molar refractivity (Wildman–Crippen MR) is 73.5 cm³/mol. The number of likely N-dealkylation sites (N-methyl/N-ethyl adjacent to an activating group) is 1. The lowest BCUT2D eigenvalue weighted by molar-refractivity contribution is 0.216. The van der Waals surface area contributed by atoms with Crippen molar-refractivity contribution in [2.24, 2.45) is 0 Å². The molecule has 0 fully saturated rings. The van der Waals surface area contributed by atoms with Crippen LogP contribution in [0.25, 0.3) is 10.9 Å². The number of hydrogen-bond acceptors (Lipinski definition) is 5. The Labute approximate surface area is 106 Å². The quantitative estimate of drug-likeness (QED) is 0.801. The van der Waals surface area contributed by atoms with Crippen LogP contribution in [-0.2, 0) is 0 Å². The summed E-state index contributed by atoms with van der Waals surface area (Å²) in [7, 11) is 1.91. The number of rotatable bonds is 3. The molecule has 0 atom stereocenters. The van der Waals surface area contributed by atoms with E-state index in [-0.39, 0.29) is 12.1 Å². The van der Waals surface area contributed by atoms with Crippen molar-refractivity contribution in [3.05, 3.63) is 24.5 Å². The topological polar surface area (TPSA) is 75.3 Å². The van der Waals surface area contributed by atoms with Gasteiger partial charge in [-0.15, -0.1) is 0 Å². The molecule has 0 radical (unpaired) electrons. The molecule has 1 aromatic heterocycles. The third kappa shape index (κ3) is 2.09. The van der Waals surface area contributed by atoms with Gasteiger partial charge in [0, 0.05) is 18.1 Å². The van der Waals surface area contributed by atoms with Gasteiger partial charge in [0.1, 0.15) is 12.1 Å². The summed E-state index contributed by atoms with van der Waals surface area (Å²) in [6, 6.07) is 5.55. The molecule has 0 saturated heterocycles. The standard InChI is InChI=1S/C13H18N4O/c1-13(2,7-18)17(3)12-10-5-4-9(14)6-11(10)15-8-16-12/h4-6,8,18H,7,14H2,1-3H3. The minimum atomic E-state index is -0.386. The van der Waals surface area contributed by atoms with Gasteiger partial charge in [0.25, 0.3) is 0 Å². The monoisotopic (exact) mass is 246 g/mol. The Morgan fingerprint density at radius 2 is 2.06 bits per heavy atom. The van der Waals surface area contributed by atoms with Crippen LogP contribution in [0.3, 0.4) is 0 Å². The fourth-order valence-electron chi connectivity index (χ4n) is 1.72. The molecular formula is C13H18N4O. The van der Waals surface area contributed by atoms with E-state index in [9.17, 15) is 5.11 Å². The number of hydrogen-bond donors (Lipinski definition) is 2. The van der Waals surface area contributed by atoms with Crippen molar-refractivity contribution in [1.29, 1.82) is 0 Å². The molecule has 0 bridgehead atoms. The summed E-state index contributed by atoms with van der Waals surface area (Å²) >= 11 is 0. The Balaban J connectivity index is 2.58. The van der Waals surface area contributed by atoms with Crippen LogP contribution < -0.4 is 10.6 Å². The first-order chi connectivity index (χ1) is 8.45. The van der Waals surface area contributed by atoms with Crippen LogP contribution in [0.1, 0.15) is 13.8 Å². The second kappa shape index (κ2) is 4.42. The average Bonchev–Trinajstić information content (AvgIpc) is 2.36. The average molecular weight is 246 g/mol. The molecule has 0 spiro atoms. The molecule has 0 aliphatic heterocycles. The zero-order valence-corrected chi connectivity index (χ0v) is 10.9. The van der Waals surface area contributed by atoms with Gasteiger partial charge in [-0.05, 0) is 32.0 Å². The van der Waals surface area contributed by atoms with Gasteiger partial charge >= 0.3 is 0 Å². The number of fused-ring (bicyclic) bond motifs is 1. The Morgan fingerprint density at radius 3 is 2.72 bits per heavy atom. The molecule has 5 nitrogen and oxygen atoms in total. The second-order valence-corrected chi connectivity index (χ2v) is 5.00. The van der Waals surface area contributed by atoms with E-state index in [4.69, 9.17) is 5.73 Å². The molecule has 5 heteroatoms. The first kappa shape index (κ1) is 12.6. The van der Waals surface area contributed by atoms with Crippen molar-refractivity contribution in [2.45, 2.75) is 19.4 Å². The number of anilines is 2. The zero-order valence-electron chi connectivity index (χ0n) is 10.9. The van der Waals surface area contributed by atoms with Crippen LogP contribution in [0.15, 0.2) is 24.5 Å².